The van der Waals surface area contributed by atoms with E-state index < -0.39 is 17.4 Å². The van der Waals surface area contributed by atoms with Crippen LogP contribution in [0.2, 0.25) is 5.02 Å². The SMILES string of the molecule is CCCCn1c(N)c(N(CC)CC(O)COc2ccccc2Cl)c(=O)[nH]c1=O. The van der Waals surface area contributed by atoms with E-state index in [4.69, 9.17) is 22.1 Å². The second-order valence-electron chi connectivity index (χ2n) is 6.43. The first-order valence-electron chi connectivity index (χ1n) is 9.31. The van der Waals surface area contributed by atoms with Crippen LogP contribution in [0.15, 0.2) is 33.9 Å². The Balaban J connectivity index is 2.17. The van der Waals surface area contributed by atoms with E-state index in [1.165, 1.54) is 4.57 Å². The van der Waals surface area contributed by atoms with Crippen molar-refractivity contribution in [2.24, 2.45) is 0 Å². The van der Waals surface area contributed by atoms with E-state index >= 15 is 0 Å². The van der Waals surface area contributed by atoms with Crippen molar-refractivity contribution < 1.29 is 9.84 Å². The van der Waals surface area contributed by atoms with Crippen molar-refractivity contribution in [2.45, 2.75) is 39.3 Å². The highest BCUT2D eigenvalue weighted by Gasteiger charge is 2.20. The number of aliphatic hydroxyl groups is 1. The van der Waals surface area contributed by atoms with Gasteiger partial charge in [-0.3, -0.25) is 14.3 Å². The summed E-state index contributed by atoms with van der Waals surface area (Å²) < 4.78 is 6.91. The van der Waals surface area contributed by atoms with E-state index in [1.807, 2.05) is 13.8 Å². The van der Waals surface area contributed by atoms with Crippen LogP contribution in [0.5, 0.6) is 5.75 Å². The van der Waals surface area contributed by atoms with Gasteiger partial charge in [0.25, 0.3) is 5.56 Å². The average molecular weight is 411 g/mol. The highest BCUT2D eigenvalue weighted by molar-refractivity contribution is 6.32. The second-order valence-corrected chi connectivity index (χ2v) is 6.84. The molecule has 8 nitrogen and oxygen atoms in total. The zero-order valence-electron chi connectivity index (χ0n) is 16.2. The number of ether oxygens (including phenoxy) is 1. The van der Waals surface area contributed by atoms with Gasteiger partial charge in [-0.25, -0.2) is 4.79 Å². The molecule has 9 heteroatoms. The van der Waals surface area contributed by atoms with Crippen molar-refractivity contribution in [3.05, 3.63) is 50.1 Å². The summed E-state index contributed by atoms with van der Waals surface area (Å²) in [5.74, 6) is 0.569. The lowest BCUT2D eigenvalue weighted by atomic mass is 10.2. The fraction of sp³-hybridized carbons (Fsp3) is 0.474. The summed E-state index contributed by atoms with van der Waals surface area (Å²) in [7, 11) is 0. The third-order valence-electron chi connectivity index (χ3n) is 4.35. The largest absolute Gasteiger partial charge is 0.489 e. The van der Waals surface area contributed by atoms with Gasteiger partial charge in [-0.1, -0.05) is 37.1 Å². The molecule has 4 N–H and O–H groups in total. The summed E-state index contributed by atoms with van der Waals surface area (Å²) in [5, 5.41) is 10.8. The van der Waals surface area contributed by atoms with E-state index in [0.717, 1.165) is 12.8 Å². The maximum absolute atomic E-state index is 12.4. The molecule has 1 aromatic heterocycles. The van der Waals surface area contributed by atoms with Crippen LogP contribution in [0.25, 0.3) is 0 Å². The van der Waals surface area contributed by atoms with E-state index in [2.05, 4.69) is 4.98 Å². The number of para-hydroxylation sites is 1. The van der Waals surface area contributed by atoms with E-state index in [0.29, 0.717) is 23.9 Å². The predicted octanol–water partition coefficient (Wildman–Crippen LogP) is 1.84. The summed E-state index contributed by atoms with van der Waals surface area (Å²) in [5.41, 5.74) is 5.21. The first kappa shape index (κ1) is 21.8. The molecule has 1 aromatic carbocycles. The normalized spacial score (nSPS) is 12.0. The zero-order valence-corrected chi connectivity index (χ0v) is 16.9. The molecule has 0 saturated heterocycles. The molecule has 0 fully saturated rings. The number of nitrogen functional groups attached to an aromatic ring is 1. The molecule has 1 unspecified atom stereocenters. The number of nitrogens with one attached hydrogen (secondary N) is 1. The van der Waals surface area contributed by atoms with Crippen LogP contribution in [-0.4, -0.2) is 40.5 Å². The molecular formula is C19H27ClN4O4. The topological polar surface area (TPSA) is 114 Å². The zero-order chi connectivity index (χ0) is 20.7. The molecule has 0 spiro atoms. The summed E-state index contributed by atoms with van der Waals surface area (Å²) in [6, 6.07) is 6.97. The van der Waals surface area contributed by atoms with Crippen molar-refractivity contribution >= 4 is 23.1 Å². The highest BCUT2D eigenvalue weighted by Crippen LogP contribution is 2.23. The van der Waals surface area contributed by atoms with Crippen LogP contribution >= 0.6 is 11.6 Å². The van der Waals surface area contributed by atoms with Crippen molar-refractivity contribution in [1.82, 2.24) is 9.55 Å². The number of aliphatic hydroxyl groups excluding tert-OH is 1. The molecule has 0 aliphatic rings. The number of benzene rings is 1. The van der Waals surface area contributed by atoms with E-state index in [-0.39, 0.29) is 24.7 Å². The third kappa shape index (κ3) is 5.30. The molecule has 1 heterocycles. The molecule has 2 aromatic rings. The molecule has 154 valence electrons. The van der Waals surface area contributed by atoms with Crippen LogP contribution in [0.1, 0.15) is 26.7 Å². The highest BCUT2D eigenvalue weighted by atomic mass is 35.5. The maximum Gasteiger partial charge on any atom is 0.330 e. The van der Waals surface area contributed by atoms with Crippen molar-refractivity contribution in [2.75, 3.05) is 30.3 Å². The number of H-pyrrole nitrogens is 1. The van der Waals surface area contributed by atoms with Gasteiger partial charge in [0.2, 0.25) is 0 Å². The summed E-state index contributed by atoms with van der Waals surface area (Å²) in [4.78, 5) is 28.4. The van der Waals surface area contributed by atoms with Crippen LogP contribution in [0, 0.1) is 0 Å². The summed E-state index contributed by atoms with van der Waals surface area (Å²) in [6.07, 6.45) is 0.748. The molecule has 2 rings (SSSR count). The molecule has 0 bridgehead atoms. The first-order chi connectivity index (χ1) is 13.4. The van der Waals surface area contributed by atoms with Gasteiger partial charge in [-0.2, -0.15) is 0 Å². The number of hydrogen-bond donors (Lipinski definition) is 3. The summed E-state index contributed by atoms with van der Waals surface area (Å²) in [6.45, 7) is 4.78. The minimum absolute atomic E-state index is 0.00643. The lowest BCUT2D eigenvalue weighted by Crippen LogP contribution is -2.42. The Morgan fingerprint density at radius 2 is 2.04 bits per heavy atom. The van der Waals surface area contributed by atoms with Gasteiger partial charge in [0.15, 0.2) is 0 Å². The standard InChI is InChI=1S/C19H27ClN4O4/c1-3-5-10-24-17(21)16(18(26)22-19(24)27)23(4-2)11-13(25)12-28-15-9-7-6-8-14(15)20/h6-9,13,25H,3-5,10-12,21H2,1-2H3,(H,22,26,27). The van der Waals surface area contributed by atoms with Crippen molar-refractivity contribution in [3.8, 4) is 5.75 Å². The predicted molar refractivity (Wildman–Crippen MR) is 111 cm³/mol. The van der Waals surface area contributed by atoms with Gasteiger partial charge >= 0.3 is 5.69 Å². The first-order valence-corrected chi connectivity index (χ1v) is 9.69. The van der Waals surface area contributed by atoms with Crippen molar-refractivity contribution in [3.63, 3.8) is 0 Å². The van der Waals surface area contributed by atoms with E-state index in [1.54, 1.807) is 29.2 Å². The molecule has 0 amide bonds. The number of rotatable bonds is 10. The van der Waals surface area contributed by atoms with Crippen molar-refractivity contribution in [1.29, 1.82) is 0 Å². The molecular weight excluding hydrogens is 384 g/mol. The van der Waals surface area contributed by atoms with E-state index in [9.17, 15) is 14.7 Å². The minimum atomic E-state index is -0.897. The summed E-state index contributed by atoms with van der Waals surface area (Å²) >= 11 is 6.04. The minimum Gasteiger partial charge on any atom is -0.489 e. The second kappa shape index (κ2) is 10.2. The number of aromatic nitrogens is 2. The van der Waals surface area contributed by atoms with Gasteiger partial charge in [0, 0.05) is 19.6 Å². The quantitative estimate of drug-likeness (QED) is 0.550. The maximum atomic E-state index is 12.4. The molecule has 1 atom stereocenters. The average Bonchev–Trinajstić information content (AvgIpc) is 2.66. The third-order valence-corrected chi connectivity index (χ3v) is 4.66. The Kier molecular flexibility index (Phi) is 7.95. The number of hydrogen-bond acceptors (Lipinski definition) is 6. The smallest absolute Gasteiger partial charge is 0.330 e. The lowest BCUT2D eigenvalue weighted by Gasteiger charge is -2.27. The lowest BCUT2D eigenvalue weighted by molar-refractivity contribution is 0.112. The molecule has 28 heavy (non-hydrogen) atoms. The fourth-order valence-corrected chi connectivity index (χ4v) is 3.04. The van der Waals surface area contributed by atoms with Crippen LogP contribution in [-0.2, 0) is 6.54 Å². The Bertz CT molecular complexity index is 896. The van der Waals surface area contributed by atoms with Gasteiger partial charge in [0.1, 0.15) is 30.0 Å². The number of unbranched alkanes of at least 4 members (excludes halogenated alkanes) is 1. The molecule has 0 radical (unpaired) electrons. The van der Waals surface area contributed by atoms with Gasteiger partial charge in [-0.15, -0.1) is 0 Å². The number of nitrogens with zero attached hydrogens (tertiary/aromatic N) is 2. The molecule has 0 aliphatic carbocycles. The Hall–Kier alpha value is -2.45. The molecule has 0 saturated carbocycles. The van der Waals surface area contributed by atoms with Gasteiger partial charge in [0.05, 0.1) is 5.02 Å². The number of aromatic amines is 1. The van der Waals surface area contributed by atoms with Gasteiger partial charge < -0.3 is 20.5 Å². The number of nitrogens with two attached hydrogens (primary N) is 1. The number of halogens is 1. The molecule has 0 aliphatic heterocycles. The fourth-order valence-electron chi connectivity index (χ4n) is 2.85. The monoisotopic (exact) mass is 410 g/mol. The Morgan fingerprint density at radius 3 is 2.68 bits per heavy atom. The van der Waals surface area contributed by atoms with Crippen LogP contribution in [0.4, 0.5) is 11.5 Å². The number of likely N-dealkylation sites (N-methyl/N-ethyl adjacent to an activating group) is 1. The van der Waals surface area contributed by atoms with Gasteiger partial charge in [-0.05, 0) is 25.5 Å². The Morgan fingerprint density at radius 1 is 1.32 bits per heavy atom. The van der Waals surface area contributed by atoms with Crippen LogP contribution in [0.3, 0.4) is 0 Å². The Labute approximate surface area is 168 Å². The van der Waals surface area contributed by atoms with Crippen LogP contribution < -0.4 is 26.6 Å². The number of anilines is 2.